The first kappa shape index (κ1) is 13.1. The van der Waals surface area contributed by atoms with Crippen LogP contribution in [0.15, 0.2) is 28.7 Å². The summed E-state index contributed by atoms with van der Waals surface area (Å²) in [5.41, 5.74) is 1.32. The van der Waals surface area contributed by atoms with Gasteiger partial charge in [0, 0.05) is 23.2 Å². The Hall–Kier alpha value is -0.380. The van der Waals surface area contributed by atoms with Crippen molar-refractivity contribution in [1.29, 1.82) is 0 Å². The van der Waals surface area contributed by atoms with Crippen LogP contribution in [0.25, 0.3) is 0 Å². The minimum Gasteiger partial charge on any atom is -0.381 e. The number of rotatable bonds is 4. The van der Waals surface area contributed by atoms with E-state index in [1.165, 1.54) is 12.0 Å². The molecule has 1 aliphatic rings. The highest BCUT2D eigenvalue weighted by molar-refractivity contribution is 9.10. The van der Waals surface area contributed by atoms with Gasteiger partial charge in [0.2, 0.25) is 0 Å². The van der Waals surface area contributed by atoms with Crippen molar-refractivity contribution in [2.45, 2.75) is 32.4 Å². The lowest BCUT2D eigenvalue weighted by Gasteiger charge is -2.24. The second-order valence-electron chi connectivity index (χ2n) is 4.86. The van der Waals surface area contributed by atoms with E-state index in [0.717, 1.165) is 17.7 Å². The molecular formula is C14H20BrNO. The molecule has 3 heteroatoms. The van der Waals surface area contributed by atoms with Crippen molar-refractivity contribution in [2.24, 2.45) is 5.92 Å². The van der Waals surface area contributed by atoms with E-state index in [4.69, 9.17) is 4.74 Å². The topological polar surface area (TPSA) is 21.3 Å². The van der Waals surface area contributed by atoms with E-state index in [0.29, 0.717) is 18.0 Å². The number of hydrogen-bond acceptors (Lipinski definition) is 2. The van der Waals surface area contributed by atoms with Gasteiger partial charge in [0.15, 0.2) is 0 Å². The molecule has 0 aromatic heterocycles. The Kier molecular flexibility index (Phi) is 4.60. The highest BCUT2D eigenvalue weighted by Gasteiger charge is 2.23. The van der Waals surface area contributed by atoms with Gasteiger partial charge in [-0.15, -0.1) is 0 Å². The van der Waals surface area contributed by atoms with E-state index in [2.05, 4.69) is 59.4 Å². The van der Waals surface area contributed by atoms with E-state index >= 15 is 0 Å². The molecule has 0 saturated carbocycles. The van der Waals surface area contributed by atoms with E-state index < -0.39 is 0 Å². The van der Waals surface area contributed by atoms with Crippen molar-refractivity contribution < 1.29 is 4.74 Å². The highest BCUT2D eigenvalue weighted by atomic mass is 79.9. The zero-order valence-corrected chi connectivity index (χ0v) is 12.0. The first-order valence-corrected chi connectivity index (χ1v) is 7.05. The minimum absolute atomic E-state index is 0.378. The molecule has 1 aromatic rings. The Morgan fingerprint density at radius 3 is 2.88 bits per heavy atom. The SMILES string of the molecule is CC(NC(C)C1CCOC1)c1cccc(Br)c1. The van der Waals surface area contributed by atoms with Crippen LogP contribution in [0.2, 0.25) is 0 Å². The predicted molar refractivity (Wildman–Crippen MR) is 74.1 cm³/mol. The molecule has 2 nitrogen and oxygen atoms in total. The lowest BCUT2D eigenvalue weighted by atomic mass is 9.98. The Balaban J connectivity index is 1.93. The van der Waals surface area contributed by atoms with E-state index in [1.54, 1.807) is 0 Å². The number of halogens is 1. The molecule has 3 atom stereocenters. The molecular weight excluding hydrogens is 278 g/mol. The fraction of sp³-hybridized carbons (Fsp3) is 0.571. The Morgan fingerprint density at radius 1 is 1.41 bits per heavy atom. The summed E-state index contributed by atoms with van der Waals surface area (Å²) in [5.74, 6) is 0.657. The smallest absolute Gasteiger partial charge is 0.0509 e. The zero-order chi connectivity index (χ0) is 12.3. The predicted octanol–water partition coefficient (Wildman–Crippen LogP) is 3.52. The molecule has 0 aliphatic carbocycles. The van der Waals surface area contributed by atoms with Crippen LogP contribution in [-0.4, -0.2) is 19.3 Å². The van der Waals surface area contributed by atoms with Gasteiger partial charge in [-0.1, -0.05) is 28.1 Å². The van der Waals surface area contributed by atoms with E-state index in [-0.39, 0.29) is 0 Å². The van der Waals surface area contributed by atoms with Crippen LogP contribution in [0.5, 0.6) is 0 Å². The average molecular weight is 298 g/mol. The van der Waals surface area contributed by atoms with Crippen LogP contribution in [0.3, 0.4) is 0 Å². The summed E-state index contributed by atoms with van der Waals surface area (Å²) in [5, 5.41) is 3.66. The summed E-state index contributed by atoms with van der Waals surface area (Å²) in [6, 6.07) is 9.37. The van der Waals surface area contributed by atoms with Crippen LogP contribution in [0.4, 0.5) is 0 Å². The van der Waals surface area contributed by atoms with Gasteiger partial charge >= 0.3 is 0 Å². The zero-order valence-electron chi connectivity index (χ0n) is 10.4. The van der Waals surface area contributed by atoms with Gasteiger partial charge in [-0.3, -0.25) is 0 Å². The van der Waals surface area contributed by atoms with Gasteiger partial charge in [-0.25, -0.2) is 0 Å². The molecule has 1 fully saturated rings. The second kappa shape index (κ2) is 5.98. The van der Waals surface area contributed by atoms with Gasteiger partial charge < -0.3 is 10.1 Å². The lowest BCUT2D eigenvalue weighted by Crippen LogP contribution is -2.35. The average Bonchev–Trinajstić information content (AvgIpc) is 2.82. The molecule has 1 saturated heterocycles. The van der Waals surface area contributed by atoms with Gasteiger partial charge in [0.1, 0.15) is 0 Å². The summed E-state index contributed by atoms with van der Waals surface area (Å²) < 4.78 is 6.58. The van der Waals surface area contributed by atoms with Gasteiger partial charge in [-0.2, -0.15) is 0 Å². The number of benzene rings is 1. The molecule has 1 aromatic carbocycles. The fourth-order valence-electron chi connectivity index (χ4n) is 2.35. The van der Waals surface area contributed by atoms with Crippen LogP contribution >= 0.6 is 15.9 Å². The quantitative estimate of drug-likeness (QED) is 0.918. The minimum atomic E-state index is 0.378. The summed E-state index contributed by atoms with van der Waals surface area (Å²) >= 11 is 3.52. The lowest BCUT2D eigenvalue weighted by molar-refractivity contribution is 0.177. The van der Waals surface area contributed by atoms with Crippen LogP contribution in [-0.2, 0) is 4.74 Å². The Bertz CT molecular complexity index is 363. The molecule has 0 bridgehead atoms. The van der Waals surface area contributed by atoms with E-state index in [9.17, 15) is 0 Å². The van der Waals surface area contributed by atoms with Crippen LogP contribution in [0.1, 0.15) is 31.9 Å². The van der Waals surface area contributed by atoms with Gasteiger partial charge in [-0.05, 0) is 43.9 Å². The molecule has 2 rings (SSSR count). The molecule has 0 amide bonds. The van der Waals surface area contributed by atoms with Crippen LogP contribution in [0, 0.1) is 5.92 Å². The molecule has 17 heavy (non-hydrogen) atoms. The van der Waals surface area contributed by atoms with Crippen LogP contribution < -0.4 is 5.32 Å². The first-order valence-electron chi connectivity index (χ1n) is 6.26. The molecule has 1 heterocycles. The Morgan fingerprint density at radius 2 is 2.24 bits per heavy atom. The molecule has 1 N–H and O–H groups in total. The second-order valence-corrected chi connectivity index (χ2v) is 5.77. The summed E-state index contributed by atoms with van der Waals surface area (Å²) in [4.78, 5) is 0. The molecule has 1 aliphatic heterocycles. The van der Waals surface area contributed by atoms with Gasteiger partial charge in [0.25, 0.3) is 0 Å². The Labute approximate surface area is 112 Å². The third-order valence-corrected chi connectivity index (χ3v) is 4.03. The maximum atomic E-state index is 5.44. The van der Waals surface area contributed by atoms with Crippen molar-refractivity contribution >= 4 is 15.9 Å². The van der Waals surface area contributed by atoms with Gasteiger partial charge in [0.05, 0.1) is 6.61 Å². The molecule has 3 unspecified atom stereocenters. The third-order valence-electron chi connectivity index (χ3n) is 3.53. The summed E-state index contributed by atoms with van der Waals surface area (Å²) in [6.07, 6.45) is 1.18. The van der Waals surface area contributed by atoms with Crippen molar-refractivity contribution in [1.82, 2.24) is 5.32 Å². The fourth-order valence-corrected chi connectivity index (χ4v) is 2.77. The number of nitrogens with one attached hydrogen (secondary N) is 1. The normalized spacial score (nSPS) is 23.6. The maximum Gasteiger partial charge on any atom is 0.0509 e. The van der Waals surface area contributed by atoms with Crippen molar-refractivity contribution in [3.63, 3.8) is 0 Å². The summed E-state index contributed by atoms with van der Waals surface area (Å²) in [7, 11) is 0. The van der Waals surface area contributed by atoms with E-state index in [1.807, 2.05) is 0 Å². The monoisotopic (exact) mass is 297 g/mol. The maximum absolute atomic E-state index is 5.44. The van der Waals surface area contributed by atoms with Crippen molar-refractivity contribution in [2.75, 3.05) is 13.2 Å². The molecule has 0 radical (unpaired) electrons. The standard InChI is InChI=1S/C14H20BrNO/c1-10(12-4-3-5-14(15)8-12)16-11(2)13-6-7-17-9-13/h3-5,8,10-11,13,16H,6-7,9H2,1-2H3. The highest BCUT2D eigenvalue weighted by Crippen LogP contribution is 2.22. The number of ether oxygens (including phenoxy) is 1. The molecule has 94 valence electrons. The van der Waals surface area contributed by atoms with Crippen molar-refractivity contribution in [3.05, 3.63) is 34.3 Å². The van der Waals surface area contributed by atoms with Crippen molar-refractivity contribution in [3.8, 4) is 0 Å². The first-order chi connectivity index (χ1) is 8.16. The third kappa shape index (κ3) is 3.54. The molecule has 0 spiro atoms. The summed E-state index contributed by atoms with van der Waals surface area (Å²) in [6.45, 7) is 6.29. The largest absolute Gasteiger partial charge is 0.381 e. The number of hydrogen-bond donors (Lipinski definition) is 1.